The highest BCUT2D eigenvalue weighted by Crippen LogP contribution is 2.41. The highest BCUT2D eigenvalue weighted by atomic mass is 32.1. The van der Waals surface area contributed by atoms with Crippen LogP contribution in [-0.2, 0) is 0 Å². The van der Waals surface area contributed by atoms with E-state index in [9.17, 15) is 4.79 Å². The summed E-state index contributed by atoms with van der Waals surface area (Å²) >= 11 is 3.23. The molecule has 5 rings (SSSR count). The maximum atomic E-state index is 13.3. The first-order valence-electron chi connectivity index (χ1n) is 8.40. The monoisotopic (exact) mass is 370 g/mol. The topological polar surface area (TPSA) is 17.1 Å². The molecule has 3 heteroatoms. The Morgan fingerprint density at radius 2 is 1.19 bits per heavy atom. The Labute approximate surface area is 159 Å². The highest BCUT2D eigenvalue weighted by molar-refractivity contribution is 7.13. The molecular formula is C23H14OS2. The first-order valence-corrected chi connectivity index (χ1v) is 10.2. The van der Waals surface area contributed by atoms with Crippen LogP contribution in [0.25, 0.3) is 32.0 Å². The van der Waals surface area contributed by atoms with E-state index in [1.807, 2.05) is 41.8 Å². The van der Waals surface area contributed by atoms with Gasteiger partial charge in [0.25, 0.3) is 0 Å². The minimum absolute atomic E-state index is 0.102. The molecule has 3 aromatic carbocycles. The van der Waals surface area contributed by atoms with Gasteiger partial charge >= 0.3 is 0 Å². The first-order chi connectivity index (χ1) is 12.8. The van der Waals surface area contributed by atoms with E-state index in [1.54, 1.807) is 11.3 Å². The van der Waals surface area contributed by atoms with Crippen LogP contribution in [0.2, 0.25) is 0 Å². The Morgan fingerprint density at radius 3 is 1.73 bits per heavy atom. The zero-order valence-corrected chi connectivity index (χ0v) is 15.4. The van der Waals surface area contributed by atoms with Crippen molar-refractivity contribution >= 4 is 50.0 Å². The van der Waals surface area contributed by atoms with Crippen LogP contribution in [0.1, 0.15) is 15.2 Å². The van der Waals surface area contributed by atoms with Crippen molar-refractivity contribution in [3.8, 4) is 10.4 Å². The highest BCUT2D eigenvalue weighted by Gasteiger charge is 2.21. The summed E-state index contributed by atoms with van der Waals surface area (Å²) in [5.74, 6) is 0.102. The zero-order chi connectivity index (χ0) is 17.5. The lowest BCUT2D eigenvalue weighted by Gasteiger charge is -2.15. The number of ketones is 1. The van der Waals surface area contributed by atoms with Gasteiger partial charge in [0.05, 0.1) is 4.88 Å². The number of hydrogen-bond donors (Lipinski definition) is 0. The molecule has 0 aliphatic rings. The molecular weight excluding hydrogens is 356 g/mol. The van der Waals surface area contributed by atoms with E-state index in [2.05, 4.69) is 41.8 Å². The maximum absolute atomic E-state index is 13.3. The minimum Gasteiger partial charge on any atom is -0.288 e. The summed E-state index contributed by atoms with van der Waals surface area (Å²) in [6.45, 7) is 0. The molecule has 1 nitrogen and oxygen atoms in total. The average Bonchev–Trinajstić information content (AvgIpc) is 3.39. The van der Waals surface area contributed by atoms with Gasteiger partial charge < -0.3 is 0 Å². The third-order valence-electron chi connectivity index (χ3n) is 4.67. The Kier molecular flexibility index (Phi) is 3.70. The van der Waals surface area contributed by atoms with E-state index in [-0.39, 0.29) is 5.78 Å². The number of rotatable bonds is 3. The Bertz CT molecular complexity index is 1180. The molecule has 0 saturated heterocycles. The van der Waals surface area contributed by atoms with E-state index in [0.717, 1.165) is 32.0 Å². The van der Waals surface area contributed by atoms with Crippen LogP contribution < -0.4 is 0 Å². The number of thiophene rings is 2. The summed E-state index contributed by atoms with van der Waals surface area (Å²) in [5, 5.41) is 8.37. The number of carbonyl (C=O) groups is 1. The van der Waals surface area contributed by atoms with Crippen molar-refractivity contribution in [2.45, 2.75) is 0 Å². The second kappa shape index (κ2) is 6.20. The fourth-order valence-electron chi connectivity index (χ4n) is 3.59. The fourth-order valence-corrected chi connectivity index (χ4v) is 5.06. The van der Waals surface area contributed by atoms with Crippen LogP contribution in [0, 0.1) is 0 Å². The normalized spacial score (nSPS) is 11.2. The molecule has 0 aliphatic heterocycles. The molecule has 0 atom stereocenters. The number of benzene rings is 3. The summed E-state index contributed by atoms with van der Waals surface area (Å²) < 4.78 is 0. The van der Waals surface area contributed by atoms with Crippen molar-refractivity contribution in [1.29, 1.82) is 0 Å². The quantitative estimate of drug-likeness (QED) is 0.246. The molecule has 5 aromatic rings. The number of carbonyl (C=O) groups excluding carboxylic acids is 1. The molecule has 0 N–H and O–H groups in total. The van der Waals surface area contributed by atoms with Gasteiger partial charge in [-0.3, -0.25) is 4.79 Å². The van der Waals surface area contributed by atoms with Gasteiger partial charge in [0.2, 0.25) is 5.78 Å². The van der Waals surface area contributed by atoms with Gasteiger partial charge in [0, 0.05) is 16.0 Å². The second-order valence-electron chi connectivity index (χ2n) is 6.12. The van der Waals surface area contributed by atoms with E-state index >= 15 is 0 Å². The van der Waals surface area contributed by atoms with Crippen molar-refractivity contribution in [1.82, 2.24) is 0 Å². The number of hydrogen-bond acceptors (Lipinski definition) is 3. The Hall–Kier alpha value is -2.75. The molecule has 0 spiro atoms. The lowest BCUT2D eigenvalue weighted by molar-refractivity contribution is 0.104. The molecule has 2 heterocycles. The molecule has 0 radical (unpaired) electrons. The summed E-state index contributed by atoms with van der Waals surface area (Å²) in [7, 11) is 0. The van der Waals surface area contributed by atoms with Gasteiger partial charge in [-0.1, -0.05) is 60.7 Å². The molecule has 0 amide bonds. The van der Waals surface area contributed by atoms with Crippen molar-refractivity contribution in [2.75, 3.05) is 0 Å². The predicted octanol–water partition coefficient (Wildman–Crippen LogP) is 7.01. The lowest BCUT2D eigenvalue weighted by Crippen LogP contribution is -2.02. The van der Waals surface area contributed by atoms with Crippen molar-refractivity contribution in [3.63, 3.8) is 0 Å². The van der Waals surface area contributed by atoms with E-state index in [0.29, 0.717) is 0 Å². The third-order valence-corrected chi connectivity index (χ3v) is 6.43. The fraction of sp³-hybridized carbons (Fsp3) is 0. The molecule has 0 unspecified atom stereocenters. The van der Waals surface area contributed by atoms with Crippen LogP contribution in [-0.4, -0.2) is 5.78 Å². The average molecular weight is 370 g/mol. The van der Waals surface area contributed by atoms with Gasteiger partial charge in [0.1, 0.15) is 0 Å². The maximum Gasteiger partial charge on any atom is 0.204 e. The van der Waals surface area contributed by atoms with E-state index < -0.39 is 0 Å². The molecule has 26 heavy (non-hydrogen) atoms. The van der Waals surface area contributed by atoms with E-state index in [1.165, 1.54) is 21.8 Å². The summed E-state index contributed by atoms with van der Waals surface area (Å²) in [6.07, 6.45) is 0. The number of fused-ring (bicyclic) bond motifs is 2. The molecule has 0 bridgehead atoms. The second-order valence-corrected chi connectivity index (χ2v) is 8.02. The van der Waals surface area contributed by atoms with Gasteiger partial charge in [-0.05, 0) is 44.4 Å². The summed E-state index contributed by atoms with van der Waals surface area (Å²) in [6, 6.07) is 24.6. The molecule has 0 fully saturated rings. The van der Waals surface area contributed by atoms with E-state index in [4.69, 9.17) is 0 Å². The first kappa shape index (κ1) is 15.5. The van der Waals surface area contributed by atoms with Crippen molar-refractivity contribution in [2.24, 2.45) is 0 Å². The van der Waals surface area contributed by atoms with Crippen LogP contribution in [0.5, 0.6) is 0 Å². The van der Waals surface area contributed by atoms with Gasteiger partial charge in [0.15, 0.2) is 0 Å². The smallest absolute Gasteiger partial charge is 0.204 e. The van der Waals surface area contributed by atoms with Crippen molar-refractivity contribution in [3.05, 3.63) is 94.0 Å². The van der Waals surface area contributed by atoms with Crippen LogP contribution >= 0.6 is 22.7 Å². The molecule has 0 aliphatic carbocycles. The summed E-state index contributed by atoms with van der Waals surface area (Å²) in [5.41, 5.74) is 2.02. The molecule has 124 valence electrons. The van der Waals surface area contributed by atoms with Gasteiger partial charge in [-0.25, -0.2) is 0 Å². The van der Waals surface area contributed by atoms with Crippen molar-refractivity contribution < 1.29 is 4.79 Å². The Balaban J connectivity index is 1.97. The van der Waals surface area contributed by atoms with Crippen LogP contribution in [0.3, 0.4) is 0 Å². The molecule has 2 aromatic heterocycles. The van der Waals surface area contributed by atoms with Crippen LogP contribution in [0.15, 0.2) is 83.6 Å². The third kappa shape index (κ3) is 2.32. The lowest BCUT2D eigenvalue weighted by atomic mass is 9.89. The zero-order valence-electron chi connectivity index (χ0n) is 13.8. The standard InChI is InChI=1S/C23H14OS2/c24-23(20-12-6-14-26-20)22-17-9-3-1-7-15(17)21(19-11-5-13-25-19)16-8-2-4-10-18(16)22/h1-14H. The predicted molar refractivity (Wildman–Crippen MR) is 113 cm³/mol. The Morgan fingerprint density at radius 1 is 0.615 bits per heavy atom. The van der Waals surface area contributed by atoms with Gasteiger partial charge in [-0.15, -0.1) is 22.7 Å². The SMILES string of the molecule is O=C(c1cccs1)c1c2ccccc2c(-c2cccs2)c2ccccc12. The minimum atomic E-state index is 0.102. The summed E-state index contributed by atoms with van der Waals surface area (Å²) in [4.78, 5) is 15.4. The molecule has 0 saturated carbocycles. The van der Waals surface area contributed by atoms with Gasteiger partial charge in [-0.2, -0.15) is 0 Å². The largest absolute Gasteiger partial charge is 0.288 e. The van der Waals surface area contributed by atoms with Crippen LogP contribution in [0.4, 0.5) is 0 Å².